The van der Waals surface area contributed by atoms with Gasteiger partial charge in [-0.05, 0) is 31.5 Å². The number of hydrogen-bond donors (Lipinski definition) is 1. The average Bonchev–Trinajstić information content (AvgIpc) is 2.18. The maximum absolute atomic E-state index is 5.68. The predicted octanol–water partition coefficient (Wildman–Crippen LogP) is 1.36. The van der Waals surface area contributed by atoms with Gasteiger partial charge in [0.25, 0.3) is 0 Å². The highest BCUT2D eigenvalue weighted by molar-refractivity contribution is 5.23. The summed E-state index contributed by atoms with van der Waals surface area (Å²) in [5, 5.41) is 3.33. The molecular formula is C11H16N2O. The zero-order valence-corrected chi connectivity index (χ0v) is 8.71. The van der Waals surface area contributed by atoms with Crippen molar-refractivity contribution in [3.8, 4) is 0 Å². The summed E-state index contributed by atoms with van der Waals surface area (Å²) in [7, 11) is 0. The maximum atomic E-state index is 5.68. The molecule has 0 radical (unpaired) electrons. The summed E-state index contributed by atoms with van der Waals surface area (Å²) < 4.78 is 5.68. The van der Waals surface area contributed by atoms with Crippen LogP contribution in [0, 0.1) is 13.8 Å². The molecule has 0 unspecified atom stereocenters. The molecule has 0 amide bonds. The molecular weight excluding hydrogens is 176 g/mol. The zero-order chi connectivity index (χ0) is 9.97. The minimum absolute atomic E-state index is 0.198. The van der Waals surface area contributed by atoms with Crippen LogP contribution in [0.4, 0.5) is 0 Å². The van der Waals surface area contributed by atoms with E-state index in [0.29, 0.717) is 0 Å². The molecule has 0 aliphatic carbocycles. The van der Waals surface area contributed by atoms with E-state index in [2.05, 4.69) is 22.4 Å². The molecule has 0 spiro atoms. The van der Waals surface area contributed by atoms with Gasteiger partial charge in [0.05, 0.1) is 12.7 Å². The summed E-state index contributed by atoms with van der Waals surface area (Å²) in [6.07, 6.45) is 0.198. The topological polar surface area (TPSA) is 34.1 Å². The summed E-state index contributed by atoms with van der Waals surface area (Å²) >= 11 is 0. The molecule has 1 saturated heterocycles. The Labute approximate surface area is 84.5 Å². The fourth-order valence-electron chi connectivity index (χ4n) is 1.83. The Hall–Kier alpha value is -0.930. The van der Waals surface area contributed by atoms with Gasteiger partial charge in [0.2, 0.25) is 0 Å². The average molecular weight is 192 g/mol. The van der Waals surface area contributed by atoms with Gasteiger partial charge >= 0.3 is 0 Å². The number of ether oxygens (including phenoxy) is 1. The van der Waals surface area contributed by atoms with Crippen LogP contribution in [-0.2, 0) is 4.74 Å². The van der Waals surface area contributed by atoms with Gasteiger partial charge in [-0.25, -0.2) is 0 Å². The van der Waals surface area contributed by atoms with Crippen molar-refractivity contribution < 1.29 is 4.74 Å². The monoisotopic (exact) mass is 192 g/mol. The molecule has 2 rings (SSSR count). The van der Waals surface area contributed by atoms with Crippen molar-refractivity contribution in [3.63, 3.8) is 0 Å². The number of nitrogens with zero attached hydrogens (tertiary/aromatic N) is 1. The lowest BCUT2D eigenvalue weighted by molar-refractivity contribution is 0.0276. The van der Waals surface area contributed by atoms with Gasteiger partial charge in [0, 0.05) is 24.5 Å². The lowest BCUT2D eigenvalue weighted by Crippen LogP contribution is -2.33. The van der Waals surface area contributed by atoms with Crippen LogP contribution in [0.1, 0.15) is 23.1 Å². The first-order valence-electron chi connectivity index (χ1n) is 5.03. The van der Waals surface area contributed by atoms with Crippen molar-refractivity contribution in [2.45, 2.75) is 20.0 Å². The van der Waals surface area contributed by atoms with E-state index in [-0.39, 0.29) is 6.10 Å². The van der Waals surface area contributed by atoms with Crippen LogP contribution >= 0.6 is 0 Å². The molecule has 76 valence electrons. The van der Waals surface area contributed by atoms with E-state index in [4.69, 9.17) is 4.74 Å². The van der Waals surface area contributed by atoms with Crippen molar-refractivity contribution in [3.05, 3.63) is 29.1 Å². The number of morpholine rings is 1. The van der Waals surface area contributed by atoms with Gasteiger partial charge in [0.15, 0.2) is 0 Å². The molecule has 1 N–H and O–H groups in total. The van der Waals surface area contributed by atoms with Crippen molar-refractivity contribution in [2.24, 2.45) is 0 Å². The lowest BCUT2D eigenvalue weighted by atomic mass is 10.1. The van der Waals surface area contributed by atoms with Crippen LogP contribution in [0.15, 0.2) is 12.1 Å². The molecule has 1 fully saturated rings. The number of aromatic nitrogens is 1. The van der Waals surface area contributed by atoms with E-state index in [9.17, 15) is 0 Å². The maximum Gasteiger partial charge on any atom is 0.0951 e. The Kier molecular flexibility index (Phi) is 2.79. The highest BCUT2D eigenvalue weighted by Gasteiger charge is 2.15. The quantitative estimate of drug-likeness (QED) is 0.729. The van der Waals surface area contributed by atoms with Crippen molar-refractivity contribution in [1.82, 2.24) is 10.3 Å². The van der Waals surface area contributed by atoms with Crippen LogP contribution in [-0.4, -0.2) is 24.7 Å². The van der Waals surface area contributed by atoms with Crippen LogP contribution in [0.2, 0.25) is 0 Å². The molecule has 3 nitrogen and oxygen atoms in total. The first-order valence-corrected chi connectivity index (χ1v) is 5.03. The molecule has 0 aromatic carbocycles. The highest BCUT2D eigenvalue weighted by Crippen LogP contribution is 2.19. The van der Waals surface area contributed by atoms with Crippen molar-refractivity contribution in [2.75, 3.05) is 19.7 Å². The Balaban J connectivity index is 2.21. The van der Waals surface area contributed by atoms with Crippen molar-refractivity contribution >= 4 is 0 Å². The fraction of sp³-hybridized carbons (Fsp3) is 0.545. The lowest BCUT2D eigenvalue weighted by Gasteiger charge is -2.24. The second-order valence-electron chi connectivity index (χ2n) is 3.75. The van der Waals surface area contributed by atoms with E-state index in [1.165, 1.54) is 5.56 Å². The molecule has 1 aromatic rings. The standard InChI is InChI=1S/C11H16N2O/c1-8-5-10(6-9(2)13-8)11-7-12-3-4-14-11/h5-6,11-12H,3-4,7H2,1-2H3/t11-/m1/s1. The largest absolute Gasteiger partial charge is 0.371 e. The third kappa shape index (κ3) is 2.11. The van der Waals surface area contributed by atoms with E-state index in [0.717, 1.165) is 31.1 Å². The van der Waals surface area contributed by atoms with Gasteiger partial charge in [-0.3, -0.25) is 4.98 Å². The van der Waals surface area contributed by atoms with Gasteiger partial charge in [-0.2, -0.15) is 0 Å². The molecule has 1 aliphatic heterocycles. The van der Waals surface area contributed by atoms with E-state index < -0.39 is 0 Å². The first-order chi connectivity index (χ1) is 6.75. The minimum Gasteiger partial charge on any atom is -0.371 e. The smallest absolute Gasteiger partial charge is 0.0951 e. The third-order valence-corrected chi connectivity index (χ3v) is 2.40. The number of nitrogens with one attached hydrogen (secondary N) is 1. The van der Waals surface area contributed by atoms with Crippen LogP contribution < -0.4 is 5.32 Å². The number of hydrogen-bond acceptors (Lipinski definition) is 3. The molecule has 14 heavy (non-hydrogen) atoms. The Bertz CT molecular complexity index is 299. The van der Waals surface area contributed by atoms with Crippen LogP contribution in [0.25, 0.3) is 0 Å². The molecule has 0 bridgehead atoms. The minimum atomic E-state index is 0.198. The number of rotatable bonds is 1. The molecule has 0 saturated carbocycles. The molecule has 1 atom stereocenters. The molecule has 1 aromatic heterocycles. The summed E-state index contributed by atoms with van der Waals surface area (Å²) in [4.78, 5) is 4.35. The highest BCUT2D eigenvalue weighted by atomic mass is 16.5. The molecule has 2 heterocycles. The van der Waals surface area contributed by atoms with Gasteiger partial charge in [-0.15, -0.1) is 0 Å². The summed E-state index contributed by atoms with van der Waals surface area (Å²) in [5.41, 5.74) is 3.37. The van der Waals surface area contributed by atoms with Gasteiger partial charge < -0.3 is 10.1 Å². The second-order valence-corrected chi connectivity index (χ2v) is 3.75. The van der Waals surface area contributed by atoms with E-state index in [1.54, 1.807) is 0 Å². The normalized spacial score (nSPS) is 22.3. The molecule has 1 aliphatic rings. The van der Waals surface area contributed by atoms with Gasteiger partial charge in [-0.1, -0.05) is 0 Å². The molecule has 3 heteroatoms. The number of aryl methyl sites for hydroxylation is 2. The Morgan fingerprint density at radius 3 is 2.64 bits per heavy atom. The summed E-state index contributed by atoms with van der Waals surface area (Å²) in [6, 6.07) is 4.20. The zero-order valence-electron chi connectivity index (χ0n) is 8.71. The van der Waals surface area contributed by atoms with E-state index >= 15 is 0 Å². The van der Waals surface area contributed by atoms with Gasteiger partial charge in [0.1, 0.15) is 0 Å². The first kappa shape index (κ1) is 9.62. The van der Waals surface area contributed by atoms with Crippen molar-refractivity contribution in [1.29, 1.82) is 0 Å². The third-order valence-electron chi connectivity index (χ3n) is 2.40. The fourth-order valence-corrected chi connectivity index (χ4v) is 1.83. The summed E-state index contributed by atoms with van der Waals surface area (Å²) in [5.74, 6) is 0. The SMILES string of the molecule is Cc1cc([C@H]2CNCCO2)cc(C)n1. The summed E-state index contributed by atoms with van der Waals surface area (Å²) in [6.45, 7) is 6.70. The predicted molar refractivity (Wildman–Crippen MR) is 55.3 cm³/mol. The Morgan fingerprint density at radius 1 is 1.36 bits per heavy atom. The van der Waals surface area contributed by atoms with Crippen LogP contribution in [0.3, 0.4) is 0 Å². The Morgan fingerprint density at radius 2 is 2.07 bits per heavy atom. The van der Waals surface area contributed by atoms with Crippen LogP contribution in [0.5, 0.6) is 0 Å². The van der Waals surface area contributed by atoms with E-state index in [1.807, 2.05) is 13.8 Å². The second kappa shape index (κ2) is 4.07. The number of pyridine rings is 1.